The second-order valence-corrected chi connectivity index (χ2v) is 4.25. The van der Waals surface area contributed by atoms with E-state index in [0.717, 1.165) is 28.6 Å². The molecule has 0 amide bonds. The van der Waals surface area contributed by atoms with Crippen LogP contribution in [0.2, 0.25) is 0 Å². The maximum absolute atomic E-state index is 11.2. The highest BCUT2D eigenvalue weighted by Crippen LogP contribution is 2.31. The lowest BCUT2D eigenvalue weighted by molar-refractivity contribution is -0.347. The average Bonchev–Trinajstić information content (AvgIpc) is 2.75. The van der Waals surface area contributed by atoms with Crippen molar-refractivity contribution in [3.05, 3.63) is 35.4 Å². The summed E-state index contributed by atoms with van der Waals surface area (Å²) in [6.07, 6.45) is 0.818. The van der Waals surface area contributed by atoms with Gasteiger partial charge in [0.25, 0.3) is 0 Å². The predicted octanol–water partition coefficient (Wildman–Crippen LogP) is 0.867. The molecule has 0 atom stereocenters. The molecule has 1 aliphatic heterocycles. The average molecular weight is 245 g/mol. The SMILES string of the molecule is COc1ccc2c3c([nH]c2c1)C(=C([O-])O)NCC3. The van der Waals surface area contributed by atoms with Crippen LogP contribution in [-0.2, 0) is 6.42 Å². The first kappa shape index (κ1) is 10.8. The van der Waals surface area contributed by atoms with Gasteiger partial charge in [-0.05, 0) is 24.1 Å². The van der Waals surface area contributed by atoms with Crippen molar-refractivity contribution < 1.29 is 14.9 Å². The molecule has 5 nitrogen and oxygen atoms in total. The van der Waals surface area contributed by atoms with E-state index in [1.54, 1.807) is 7.11 Å². The second-order valence-electron chi connectivity index (χ2n) is 4.25. The smallest absolute Gasteiger partial charge is 0.120 e. The summed E-state index contributed by atoms with van der Waals surface area (Å²) in [7, 11) is 1.61. The van der Waals surface area contributed by atoms with Crippen LogP contribution in [0.1, 0.15) is 11.3 Å². The minimum atomic E-state index is -0.936. The molecule has 0 unspecified atom stereocenters. The Hall–Kier alpha value is -2.30. The van der Waals surface area contributed by atoms with E-state index >= 15 is 0 Å². The maximum atomic E-state index is 11.2. The molecular weight excluding hydrogens is 232 g/mol. The first-order valence-corrected chi connectivity index (χ1v) is 5.74. The Morgan fingerprint density at radius 3 is 3.00 bits per heavy atom. The van der Waals surface area contributed by atoms with Gasteiger partial charge in [0, 0.05) is 23.5 Å². The summed E-state index contributed by atoms with van der Waals surface area (Å²) in [5.74, 6) is -0.180. The molecule has 1 aliphatic rings. The molecule has 0 saturated heterocycles. The van der Waals surface area contributed by atoms with Crippen LogP contribution >= 0.6 is 0 Å². The zero-order valence-electron chi connectivity index (χ0n) is 9.91. The molecule has 0 spiro atoms. The van der Waals surface area contributed by atoms with Gasteiger partial charge in [0.2, 0.25) is 0 Å². The third-order valence-corrected chi connectivity index (χ3v) is 3.25. The van der Waals surface area contributed by atoms with Crippen molar-refractivity contribution in [3.8, 4) is 5.75 Å². The van der Waals surface area contributed by atoms with Crippen LogP contribution in [0.3, 0.4) is 0 Å². The summed E-state index contributed by atoms with van der Waals surface area (Å²) in [5, 5.41) is 24.3. The van der Waals surface area contributed by atoms with E-state index < -0.39 is 5.95 Å². The van der Waals surface area contributed by atoms with Gasteiger partial charge in [-0.3, -0.25) is 0 Å². The topological polar surface area (TPSA) is 80.3 Å². The molecule has 0 saturated carbocycles. The number of nitrogens with one attached hydrogen (secondary N) is 2. The van der Waals surface area contributed by atoms with Gasteiger partial charge in [-0.25, -0.2) is 0 Å². The van der Waals surface area contributed by atoms with E-state index in [-0.39, 0.29) is 5.70 Å². The van der Waals surface area contributed by atoms with Crippen molar-refractivity contribution in [2.24, 2.45) is 0 Å². The van der Waals surface area contributed by atoms with E-state index in [2.05, 4.69) is 10.3 Å². The summed E-state index contributed by atoms with van der Waals surface area (Å²) in [6.45, 7) is 0.646. The standard InChI is InChI=1S/C13H14N2O3/c1-18-7-2-3-8-9-4-5-14-12(13(16)17)11(9)15-10(8)6-7/h2-3,6,14-17H,4-5H2,1H3/p-1. The molecule has 1 aromatic carbocycles. The van der Waals surface area contributed by atoms with Crippen molar-refractivity contribution in [2.75, 3.05) is 13.7 Å². The molecule has 18 heavy (non-hydrogen) atoms. The molecule has 0 aliphatic carbocycles. The van der Waals surface area contributed by atoms with E-state index in [4.69, 9.17) is 9.84 Å². The summed E-state index contributed by atoms with van der Waals surface area (Å²) in [4.78, 5) is 3.16. The van der Waals surface area contributed by atoms with E-state index in [9.17, 15) is 5.11 Å². The quantitative estimate of drug-likeness (QED) is 0.651. The molecule has 3 rings (SSSR count). The van der Waals surface area contributed by atoms with E-state index in [0.29, 0.717) is 12.2 Å². The number of aliphatic hydroxyl groups is 1. The minimum absolute atomic E-state index is 0.242. The van der Waals surface area contributed by atoms with Gasteiger partial charge >= 0.3 is 0 Å². The molecular formula is C13H13N2O3-. The van der Waals surface area contributed by atoms with Crippen molar-refractivity contribution in [1.82, 2.24) is 10.3 Å². The van der Waals surface area contributed by atoms with Gasteiger partial charge < -0.3 is 25.3 Å². The molecule has 5 heteroatoms. The summed E-state index contributed by atoms with van der Waals surface area (Å²) in [5.41, 5.74) is 2.88. The first-order chi connectivity index (χ1) is 8.70. The Kier molecular flexibility index (Phi) is 2.33. The van der Waals surface area contributed by atoms with Crippen LogP contribution < -0.4 is 15.2 Å². The molecule has 2 aromatic rings. The van der Waals surface area contributed by atoms with Gasteiger partial charge in [-0.15, -0.1) is 0 Å². The molecule has 0 radical (unpaired) electrons. The number of hydrogen-bond donors (Lipinski definition) is 3. The van der Waals surface area contributed by atoms with Crippen LogP contribution in [0.25, 0.3) is 16.6 Å². The maximum Gasteiger partial charge on any atom is 0.120 e. The zero-order chi connectivity index (χ0) is 12.7. The summed E-state index contributed by atoms with van der Waals surface area (Å²) in [6, 6.07) is 5.74. The number of hydrogen-bond acceptors (Lipinski definition) is 4. The molecule has 94 valence electrons. The number of fused-ring (bicyclic) bond motifs is 3. The lowest BCUT2D eigenvalue weighted by Gasteiger charge is -2.20. The first-order valence-electron chi connectivity index (χ1n) is 5.74. The largest absolute Gasteiger partial charge is 0.628 e. The fourth-order valence-electron chi connectivity index (χ4n) is 2.42. The summed E-state index contributed by atoms with van der Waals surface area (Å²) < 4.78 is 5.17. The van der Waals surface area contributed by atoms with Gasteiger partial charge in [0.15, 0.2) is 0 Å². The van der Waals surface area contributed by atoms with Crippen molar-refractivity contribution in [3.63, 3.8) is 0 Å². The Morgan fingerprint density at radius 2 is 2.28 bits per heavy atom. The number of benzene rings is 1. The number of aromatic nitrogens is 1. The third kappa shape index (κ3) is 1.48. The number of aromatic amines is 1. The number of aliphatic hydroxyl groups excluding tert-OH is 1. The highest BCUT2D eigenvalue weighted by Gasteiger charge is 2.19. The number of rotatable bonds is 1. The molecule has 2 heterocycles. The number of ether oxygens (including phenoxy) is 1. The van der Waals surface area contributed by atoms with Crippen LogP contribution in [0.15, 0.2) is 24.1 Å². The lowest BCUT2D eigenvalue weighted by atomic mass is 10.0. The van der Waals surface area contributed by atoms with Crippen molar-refractivity contribution >= 4 is 16.6 Å². The van der Waals surface area contributed by atoms with Gasteiger partial charge in [-0.1, -0.05) is 0 Å². The van der Waals surface area contributed by atoms with Crippen LogP contribution in [-0.4, -0.2) is 23.7 Å². The minimum Gasteiger partial charge on any atom is -0.628 e. The third-order valence-electron chi connectivity index (χ3n) is 3.25. The predicted molar refractivity (Wildman–Crippen MR) is 66.1 cm³/mol. The van der Waals surface area contributed by atoms with Gasteiger partial charge in [0.1, 0.15) is 5.75 Å². The van der Waals surface area contributed by atoms with Crippen LogP contribution in [0.4, 0.5) is 0 Å². The highest BCUT2D eigenvalue weighted by atomic mass is 16.5. The van der Waals surface area contributed by atoms with Gasteiger partial charge in [-0.2, -0.15) is 0 Å². The molecule has 0 bridgehead atoms. The number of methoxy groups -OCH3 is 1. The Labute approximate surface area is 104 Å². The lowest BCUT2D eigenvalue weighted by Crippen LogP contribution is -2.26. The monoisotopic (exact) mass is 245 g/mol. The Bertz CT molecular complexity index is 639. The summed E-state index contributed by atoms with van der Waals surface area (Å²) >= 11 is 0. The fraction of sp³-hybridized carbons (Fsp3) is 0.231. The molecule has 1 aromatic heterocycles. The van der Waals surface area contributed by atoms with Crippen molar-refractivity contribution in [1.29, 1.82) is 0 Å². The number of H-pyrrole nitrogens is 1. The van der Waals surface area contributed by atoms with E-state index in [1.165, 1.54) is 0 Å². The zero-order valence-corrected chi connectivity index (χ0v) is 9.91. The van der Waals surface area contributed by atoms with Crippen LogP contribution in [0.5, 0.6) is 5.75 Å². The second kappa shape index (κ2) is 3.87. The Balaban J connectivity index is 2.27. The normalized spacial score (nSPS) is 17.2. The van der Waals surface area contributed by atoms with Crippen molar-refractivity contribution in [2.45, 2.75) is 6.42 Å². The fourth-order valence-corrected chi connectivity index (χ4v) is 2.42. The van der Waals surface area contributed by atoms with Gasteiger partial charge in [0.05, 0.1) is 24.4 Å². The van der Waals surface area contributed by atoms with E-state index in [1.807, 2.05) is 18.2 Å². The highest BCUT2D eigenvalue weighted by molar-refractivity contribution is 5.90. The van der Waals surface area contributed by atoms with Crippen LogP contribution in [0, 0.1) is 0 Å². The molecule has 3 N–H and O–H groups in total. The Morgan fingerprint density at radius 1 is 1.44 bits per heavy atom. The molecule has 0 fully saturated rings.